The third-order valence-electron chi connectivity index (χ3n) is 3.63. The normalized spacial score (nSPS) is 10.9. The molecule has 1 aromatic heterocycles. The van der Waals surface area contributed by atoms with Crippen LogP contribution in [0.4, 0.5) is 0 Å². The number of benzene rings is 2. The van der Waals surface area contributed by atoms with Crippen LogP contribution in [-0.4, -0.2) is 22.0 Å². The van der Waals surface area contributed by atoms with Crippen molar-refractivity contribution in [2.45, 2.75) is 17.8 Å². The van der Waals surface area contributed by atoms with Crippen LogP contribution in [0.1, 0.15) is 11.1 Å². The molecule has 8 heteroatoms. The van der Waals surface area contributed by atoms with Crippen molar-refractivity contribution < 1.29 is 4.74 Å². The van der Waals surface area contributed by atoms with Gasteiger partial charge in [-0.15, -0.1) is 10.2 Å². The molecule has 0 atom stereocenters. The number of thioether (sulfide) groups is 1. The van der Waals surface area contributed by atoms with Gasteiger partial charge in [0.15, 0.2) is 5.82 Å². The first-order valence-electron chi connectivity index (χ1n) is 7.42. The highest BCUT2D eigenvalue weighted by Gasteiger charge is 2.16. The summed E-state index contributed by atoms with van der Waals surface area (Å²) >= 11 is 13.6. The first-order chi connectivity index (χ1) is 12.0. The second-order valence-corrected chi connectivity index (χ2v) is 7.19. The molecule has 0 fully saturated rings. The molecule has 0 bridgehead atoms. The van der Waals surface area contributed by atoms with Gasteiger partial charge in [-0.25, -0.2) is 4.68 Å². The van der Waals surface area contributed by atoms with E-state index in [1.54, 1.807) is 25.3 Å². The van der Waals surface area contributed by atoms with Crippen LogP contribution in [0.15, 0.2) is 41.6 Å². The SMILES string of the molecule is COc1ccc(C)cc1CSc1nnc(-c2ccc(Cl)cc2Cl)n1N. The Morgan fingerprint density at radius 2 is 1.96 bits per heavy atom. The summed E-state index contributed by atoms with van der Waals surface area (Å²) in [4.78, 5) is 0. The number of nitrogens with two attached hydrogens (primary N) is 1. The number of rotatable bonds is 5. The Bertz CT molecular complexity index is 914. The second kappa shape index (κ2) is 7.56. The molecule has 130 valence electrons. The lowest BCUT2D eigenvalue weighted by Crippen LogP contribution is -2.11. The number of halogens is 2. The summed E-state index contributed by atoms with van der Waals surface area (Å²) in [6, 6.07) is 11.2. The molecular formula is C17H16Cl2N4OS. The molecule has 0 amide bonds. The van der Waals surface area contributed by atoms with Gasteiger partial charge in [0.2, 0.25) is 5.16 Å². The smallest absolute Gasteiger partial charge is 0.210 e. The highest BCUT2D eigenvalue weighted by Crippen LogP contribution is 2.32. The van der Waals surface area contributed by atoms with Gasteiger partial charge in [0.25, 0.3) is 0 Å². The zero-order chi connectivity index (χ0) is 18.0. The molecule has 3 aromatic rings. The fourth-order valence-corrected chi connectivity index (χ4v) is 3.72. The van der Waals surface area contributed by atoms with Gasteiger partial charge >= 0.3 is 0 Å². The Balaban J connectivity index is 1.84. The van der Waals surface area contributed by atoms with Crippen LogP contribution in [0, 0.1) is 6.92 Å². The van der Waals surface area contributed by atoms with Crippen LogP contribution < -0.4 is 10.6 Å². The van der Waals surface area contributed by atoms with E-state index in [-0.39, 0.29) is 0 Å². The third kappa shape index (κ3) is 3.86. The molecule has 0 aliphatic carbocycles. The minimum atomic E-state index is 0.475. The molecule has 2 N–H and O–H groups in total. The van der Waals surface area contributed by atoms with Gasteiger partial charge in [-0.2, -0.15) is 0 Å². The maximum atomic E-state index is 6.23. The van der Waals surface area contributed by atoms with E-state index >= 15 is 0 Å². The van der Waals surface area contributed by atoms with Gasteiger partial charge < -0.3 is 10.6 Å². The number of aromatic nitrogens is 3. The molecule has 0 unspecified atom stereocenters. The summed E-state index contributed by atoms with van der Waals surface area (Å²) in [7, 11) is 1.66. The van der Waals surface area contributed by atoms with Crippen molar-refractivity contribution in [1.82, 2.24) is 14.9 Å². The molecule has 0 aliphatic heterocycles. The largest absolute Gasteiger partial charge is 0.496 e. The molecule has 1 heterocycles. The summed E-state index contributed by atoms with van der Waals surface area (Å²) in [6.45, 7) is 2.04. The average Bonchev–Trinajstić information content (AvgIpc) is 2.94. The predicted molar refractivity (Wildman–Crippen MR) is 103 cm³/mol. The molecular weight excluding hydrogens is 379 g/mol. The van der Waals surface area contributed by atoms with Crippen molar-refractivity contribution in [1.29, 1.82) is 0 Å². The Labute approximate surface area is 160 Å². The van der Waals surface area contributed by atoms with Gasteiger partial charge in [0.05, 0.1) is 12.1 Å². The molecule has 0 spiro atoms. The van der Waals surface area contributed by atoms with E-state index in [0.29, 0.717) is 32.3 Å². The number of nitrogen functional groups attached to an aromatic ring is 1. The van der Waals surface area contributed by atoms with Gasteiger partial charge in [-0.1, -0.05) is 52.7 Å². The second-order valence-electron chi connectivity index (χ2n) is 5.40. The molecule has 2 aromatic carbocycles. The lowest BCUT2D eigenvalue weighted by Gasteiger charge is -2.09. The van der Waals surface area contributed by atoms with E-state index in [0.717, 1.165) is 11.3 Å². The monoisotopic (exact) mass is 394 g/mol. The summed E-state index contributed by atoms with van der Waals surface area (Å²) in [5.41, 5.74) is 2.92. The van der Waals surface area contributed by atoms with Gasteiger partial charge in [0, 0.05) is 21.9 Å². The Morgan fingerprint density at radius 1 is 1.16 bits per heavy atom. The number of nitrogens with zero attached hydrogens (tertiary/aromatic N) is 3. The lowest BCUT2D eigenvalue weighted by atomic mass is 10.1. The van der Waals surface area contributed by atoms with Crippen molar-refractivity contribution in [3.05, 3.63) is 57.6 Å². The minimum Gasteiger partial charge on any atom is -0.496 e. The maximum absolute atomic E-state index is 6.23. The van der Waals surface area contributed by atoms with Crippen molar-refractivity contribution in [3.8, 4) is 17.1 Å². The van der Waals surface area contributed by atoms with Crippen LogP contribution >= 0.6 is 35.0 Å². The fraction of sp³-hybridized carbons (Fsp3) is 0.176. The van der Waals surface area contributed by atoms with Crippen LogP contribution in [0.25, 0.3) is 11.4 Å². The van der Waals surface area contributed by atoms with Gasteiger partial charge in [-0.05, 0) is 31.2 Å². The highest BCUT2D eigenvalue weighted by molar-refractivity contribution is 7.98. The fourth-order valence-electron chi connectivity index (χ4n) is 2.39. The Morgan fingerprint density at radius 3 is 2.68 bits per heavy atom. The lowest BCUT2D eigenvalue weighted by molar-refractivity contribution is 0.411. The van der Waals surface area contributed by atoms with E-state index in [1.807, 2.05) is 19.1 Å². The van der Waals surface area contributed by atoms with E-state index in [2.05, 4.69) is 16.3 Å². The standard InChI is InChI=1S/C17H16Cl2N4OS/c1-10-3-6-15(24-2)11(7-10)9-25-17-22-21-16(23(17)20)13-5-4-12(18)8-14(13)19/h3-8H,9,20H2,1-2H3. The summed E-state index contributed by atoms with van der Waals surface area (Å²) < 4.78 is 6.84. The third-order valence-corrected chi connectivity index (χ3v) is 5.17. The molecule has 0 saturated heterocycles. The van der Waals surface area contributed by atoms with Crippen LogP contribution in [0.3, 0.4) is 0 Å². The number of methoxy groups -OCH3 is 1. The zero-order valence-electron chi connectivity index (χ0n) is 13.7. The van der Waals surface area contributed by atoms with E-state index in [1.165, 1.54) is 22.0 Å². The van der Waals surface area contributed by atoms with Crippen molar-refractivity contribution in [2.75, 3.05) is 13.0 Å². The van der Waals surface area contributed by atoms with Crippen LogP contribution in [-0.2, 0) is 5.75 Å². The molecule has 0 aliphatic rings. The highest BCUT2D eigenvalue weighted by atomic mass is 35.5. The zero-order valence-corrected chi connectivity index (χ0v) is 16.0. The Kier molecular flexibility index (Phi) is 5.42. The summed E-state index contributed by atoms with van der Waals surface area (Å²) in [5.74, 6) is 8.14. The first kappa shape index (κ1) is 17.9. The molecule has 0 saturated carbocycles. The molecule has 0 radical (unpaired) electrons. The van der Waals surface area contributed by atoms with Crippen molar-refractivity contribution in [2.24, 2.45) is 0 Å². The van der Waals surface area contributed by atoms with Gasteiger partial charge in [-0.3, -0.25) is 0 Å². The minimum absolute atomic E-state index is 0.475. The predicted octanol–water partition coefficient (Wildman–Crippen LogP) is 4.58. The van der Waals surface area contributed by atoms with Crippen LogP contribution in [0.2, 0.25) is 10.0 Å². The number of aryl methyl sites for hydroxylation is 1. The van der Waals surface area contributed by atoms with E-state index < -0.39 is 0 Å². The van der Waals surface area contributed by atoms with E-state index in [9.17, 15) is 0 Å². The summed E-state index contributed by atoms with van der Waals surface area (Å²) in [5, 5.41) is 9.94. The average molecular weight is 395 g/mol. The first-order valence-corrected chi connectivity index (χ1v) is 9.16. The van der Waals surface area contributed by atoms with Crippen LogP contribution in [0.5, 0.6) is 5.75 Å². The quantitative estimate of drug-likeness (QED) is 0.506. The Hall–Kier alpha value is -1.89. The molecule has 3 rings (SSSR count). The van der Waals surface area contributed by atoms with E-state index in [4.69, 9.17) is 33.8 Å². The number of hydrogen-bond donors (Lipinski definition) is 1. The van der Waals surface area contributed by atoms with Crippen molar-refractivity contribution >= 4 is 35.0 Å². The molecule has 5 nitrogen and oxygen atoms in total. The van der Waals surface area contributed by atoms with Gasteiger partial charge in [0.1, 0.15) is 5.75 Å². The number of ether oxygens (including phenoxy) is 1. The number of hydrogen-bond acceptors (Lipinski definition) is 5. The summed E-state index contributed by atoms with van der Waals surface area (Å²) in [6.07, 6.45) is 0. The topological polar surface area (TPSA) is 66.0 Å². The molecule has 25 heavy (non-hydrogen) atoms. The maximum Gasteiger partial charge on any atom is 0.210 e. The van der Waals surface area contributed by atoms with Crippen molar-refractivity contribution in [3.63, 3.8) is 0 Å².